The second-order valence-electron chi connectivity index (χ2n) is 9.12. The third-order valence-electron chi connectivity index (χ3n) is 6.03. The fourth-order valence-electron chi connectivity index (χ4n) is 4.04. The lowest BCUT2D eigenvalue weighted by Crippen LogP contribution is -2.50. The maximum absolute atomic E-state index is 14.3. The average molecular weight is 469 g/mol. The minimum Gasteiger partial charge on any atom is -0.343 e. The number of carbonyl (C=O) groups excluding carboxylic acids is 3. The van der Waals surface area contributed by atoms with Gasteiger partial charge in [-0.15, -0.1) is 0 Å². The SMILES string of the molecule is CC(C)c1ccc([C@@H](NC(=O)[C@@H]2C[C@@H](F)CN2C(=O)CNC(=O)N(C)C)c2ccccc2)cc1. The Morgan fingerprint density at radius 1 is 1.00 bits per heavy atom. The molecule has 1 aliphatic rings. The quantitative estimate of drug-likeness (QED) is 0.655. The van der Waals surface area contributed by atoms with Crippen LogP contribution < -0.4 is 10.6 Å². The molecule has 0 aromatic heterocycles. The predicted molar refractivity (Wildman–Crippen MR) is 129 cm³/mol. The Balaban J connectivity index is 1.79. The fraction of sp³-hybridized carbons (Fsp3) is 0.423. The maximum Gasteiger partial charge on any atom is 0.317 e. The number of amides is 4. The summed E-state index contributed by atoms with van der Waals surface area (Å²) in [6.45, 7) is 3.76. The van der Waals surface area contributed by atoms with Crippen LogP contribution in [0.5, 0.6) is 0 Å². The van der Waals surface area contributed by atoms with Gasteiger partial charge in [-0.1, -0.05) is 68.4 Å². The van der Waals surface area contributed by atoms with Gasteiger partial charge in [0.1, 0.15) is 12.2 Å². The highest BCUT2D eigenvalue weighted by Crippen LogP contribution is 2.27. The van der Waals surface area contributed by atoms with Gasteiger partial charge in [-0.25, -0.2) is 9.18 Å². The van der Waals surface area contributed by atoms with Crippen molar-refractivity contribution in [2.24, 2.45) is 0 Å². The first kappa shape index (κ1) is 25.2. The second-order valence-corrected chi connectivity index (χ2v) is 9.12. The lowest BCUT2D eigenvalue weighted by atomic mass is 9.95. The zero-order valence-corrected chi connectivity index (χ0v) is 20.1. The molecule has 1 aliphatic heterocycles. The number of hydrogen-bond acceptors (Lipinski definition) is 3. The lowest BCUT2D eigenvalue weighted by molar-refractivity contribution is -0.137. The lowest BCUT2D eigenvalue weighted by Gasteiger charge is -2.27. The minimum atomic E-state index is -1.30. The van der Waals surface area contributed by atoms with Crippen LogP contribution in [0.2, 0.25) is 0 Å². The van der Waals surface area contributed by atoms with Crippen molar-refractivity contribution in [1.82, 2.24) is 20.4 Å². The van der Waals surface area contributed by atoms with Gasteiger partial charge in [0.05, 0.1) is 19.1 Å². The van der Waals surface area contributed by atoms with Gasteiger partial charge in [-0.3, -0.25) is 9.59 Å². The molecule has 0 spiro atoms. The number of halogens is 1. The molecule has 2 aromatic rings. The van der Waals surface area contributed by atoms with Crippen molar-refractivity contribution in [2.75, 3.05) is 27.2 Å². The van der Waals surface area contributed by atoms with Crippen molar-refractivity contribution in [1.29, 1.82) is 0 Å². The van der Waals surface area contributed by atoms with Crippen LogP contribution in [0.3, 0.4) is 0 Å². The number of rotatable bonds is 7. The molecule has 8 heteroatoms. The number of carbonyl (C=O) groups is 3. The summed E-state index contributed by atoms with van der Waals surface area (Å²) < 4.78 is 14.3. The molecule has 3 atom stereocenters. The van der Waals surface area contributed by atoms with E-state index in [2.05, 4.69) is 24.5 Å². The molecule has 2 aromatic carbocycles. The maximum atomic E-state index is 14.3. The highest BCUT2D eigenvalue weighted by molar-refractivity contribution is 5.91. The first-order valence-electron chi connectivity index (χ1n) is 11.5. The third kappa shape index (κ3) is 6.12. The van der Waals surface area contributed by atoms with Crippen LogP contribution in [0.15, 0.2) is 54.6 Å². The van der Waals surface area contributed by atoms with E-state index in [-0.39, 0.29) is 19.5 Å². The molecule has 4 amide bonds. The Bertz CT molecular complexity index is 995. The van der Waals surface area contributed by atoms with Crippen LogP contribution in [0, 0.1) is 0 Å². The molecule has 0 unspecified atom stereocenters. The average Bonchev–Trinajstić information content (AvgIpc) is 3.23. The number of nitrogens with one attached hydrogen (secondary N) is 2. The number of likely N-dealkylation sites (tertiary alicyclic amines) is 1. The van der Waals surface area contributed by atoms with Gasteiger partial charge >= 0.3 is 6.03 Å². The molecule has 1 saturated heterocycles. The third-order valence-corrected chi connectivity index (χ3v) is 6.03. The van der Waals surface area contributed by atoms with E-state index in [1.54, 1.807) is 14.1 Å². The van der Waals surface area contributed by atoms with Crippen LogP contribution in [0.1, 0.15) is 48.9 Å². The Labute approximate surface area is 200 Å². The van der Waals surface area contributed by atoms with Gasteiger partial charge < -0.3 is 20.4 Å². The normalized spacial score (nSPS) is 18.5. The molecule has 182 valence electrons. The van der Waals surface area contributed by atoms with Crippen molar-refractivity contribution >= 4 is 17.8 Å². The van der Waals surface area contributed by atoms with E-state index < -0.39 is 36.1 Å². The Kier molecular flexibility index (Phi) is 8.26. The number of hydrogen-bond donors (Lipinski definition) is 2. The summed E-state index contributed by atoms with van der Waals surface area (Å²) in [6, 6.07) is 15.8. The van der Waals surface area contributed by atoms with Gasteiger partial charge in [-0.05, 0) is 22.6 Å². The van der Waals surface area contributed by atoms with Crippen molar-refractivity contribution in [3.8, 4) is 0 Å². The molecule has 1 heterocycles. The van der Waals surface area contributed by atoms with Gasteiger partial charge in [0.25, 0.3) is 0 Å². The largest absolute Gasteiger partial charge is 0.343 e. The fourth-order valence-corrected chi connectivity index (χ4v) is 4.04. The zero-order chi connectivity index (χ0) is 24.8. The zero-order valence-electron chi connectivity index (χ0n) is 20.1. The van der Waals surface area contributed by atoms with E-state index in [1.807, 2.05) is 54.6 Å². The van der Waals surface area contributed by atoms with Crippen molar-refractivity contribution in [3.63, 3.8) is 0 Å². The first-order chi connectivity index (χ1) is 16.2. The van der Waals surface area contributed by atoms with Gasteiger partial charge in [0.2, 0.25) is 11.8 Å². The molecular weight excluding hydrogens is 435 g/mol. The minimum absolute atomic E-state index is 0.0764. The van der Waals surface area contributed by atoms with E-state index in [1.165, 1.54) is 15.4 Å². The topological polar surface area (TPSA) is 81.8 Å². The molecule has 7 nitrogen and oxygen atoms in total. The Morgan fingerprint density at radius 3 is 2.18 bits per heavy atom. The molecule has 0 bridgehead atoms. The highest BCUT2D eigenvalue weighted by atomic mass is 19.1. The van der Waals surface area contributed by atoms with Gasteiger partial charge in [0, 0.05) is 20.5 Å². The summed E-state index contributed by atoms with van der Waals surface area (Å²) >= 11 is 0. The molecule has 2 N–H and O–H groups in total. The molecule has 3 rings (SSSR count). The summed E-state index contributed by atoms with van der Waals surface area (Å²) in [4.78, 5) is 40.3. The molecule has 1 fully saturated rings. The van der Waals surface area contributed by atoms with Crippen LogP contribution in [0.4, 0.5) is 9.18 Å². The summed E-state index contributed by atoms with van der Waals surface area (Å²) in [5, 5.41) is 5.52. The monoisotopic (exact) mass is 468 g/mol. The second kappa shape index (κ2) is 11.1. The van der Waals surface area contributed by atoms with Gasteiger partial charge in [0.15, 0.2) is 0 Å². The smallest absolute Gasteiger partial charge is 0.317 e. The van der Waals surface area contributed by atoms with Gasteiger partial charge in [-0.2, -0.15) is 0 Å². The number of urea groups is 1. The van der Waals surface area contributed by atoms with E-state index in [9.17, 15) is 18.8 Å². The molecular formula is C26H33FN4O3. The summed E-state index contributed by atoms with van der Waals surface area (Å²) in [5.41, 5.74) is 2.98. The van der Waals surface area contributed by atoms with Crippen molar-refractivity contribution in [3.05, 3.63) is 71.3 Å². The van der Waals surface area contributed by atoms with E-state index >= 15 is 0 Å². The van der Waals surface area contributed by atoms with E-state index in [0.717, 1.165) is 11.1 Å². The molecule has 0 saturated carbocycles. The number of alkyl halides is 1. The molecule has 0 radical (unpaired) electrons. The van der Waals surface area contributed by atoms with E-state index in [0.29, 0.717) is 5.92 Å². The van der Waals surface area contributed by atoms with Crippen LogP contribution in [-0.4, -0.2) is 67.0 Å². The standard InChI is InChI=1S/C26H33FN4O3/c1-17(2)18-10-12-20(13-11-18)24(19-8-6-5-7-9-19)29-25(33)22-14-21(27)16-31(22)23(32)15-28-26(34)30(3)4/h5-13,17,21-22,24H,14-16H2,1-4H3,(H,28,34)(H,29,33)/t21-,22+,24+/m1/s1. The van der Waals surface area contributed by atoms with E-state index in [4.69, 9.17) is 0 Å². The highest BCUT2D eigenvalue weighted by Gasteiger charge is 2.40. The summed E-state index contributed by atoms with van der Waals surface area (Å²) in [6.07, 6.45) is -1.38. The Morgan fingerprint density at radius 2 is 1.59 bits per heavy atom. The number of nitrogens with zero attached hydrogens (tertiary/aromatic N) is 2. The summed E-state index contributed by atoms with van der Waals surface area (Å²) in [5.74, 6) is -0.534. The van der Waals surface area contributed by atoms with Crippen LogP contribution in [-0.2, 0) is 9.59 Å². The van der Waals surface area contributed by atoms with Crippen LogP contribution in [0.25, 0.3) is 0 Å². The molecule has 34 heavy (non-hydrogen) atoms. The predicted octanol–water partition coefficient (Wildman–Crippen LogP) is 3.23. The van der Waals surface area contributed by atoms with Crippen molar-refractivity contribution < 1.29 is 18.8 Å². The first-order valence-corrected chi connectivity index (χ1v) is 11.5. The number of benzene rings is 2. The Hall–Kier alpha value is -3.42. The molecule has 0 aliphatic carbocycles. The van der Waals surface area contributed by atoms with Crippen molar-refractivity contribution in [2.45, 2.75) is 44.4 Å². The summed E-state index contributed by atoms with van der Waals surface area (Å²) in [7, 11) is 3.11. The van der Waals surface area contributed by atoms with Crippen LogP contribution >= 0.6 is 0 Å².